The van der Waals surface area contributed by atoms with Crippen molar-refractivity contribution in [3.05, 3.63) is 59.2 Å². The fraction of sp³-hybridized carbons (Fsp3) is 0.0714. The fourth-order valence-electron chi connectivity index (χ4n) is 1.82. The van der Waals surface area contributed by atoms with Gasteiger partial charge in [-0.15, -0.1) is 0 Å². The van der Waals surface area contributed by atoms with Crippen LogP contribution in [0.3, 0.4) is 0 Å². The molecule has 0 unspecified atom stereocenters. The van der Waals surface area contributed by atoms with Gasteiger partial charge in [-0.05, 0) is 36.8 Å². The number of halogens is 2. The number of carbonyl (C=O) groups is 1. The van der Waals surface area contributed by atoms with E-state index in [4.69, 9.17) is 5.73 Å². The van der Waals surface area contributed by atoms with Crippen LogP contribution in [0.2, 0.25) is 0 Å². The highest BCUT2D eigenvalue weighted by molar-refractivity contribution is 7.92. The van der Waals surface area contributed by atoms with E-state index in [0.29, 0.717) is 5.56 Å². The van der Waals surface area contributed by atoms with E-state index in [0.717, 1.165) is 24.3 Å². The van der Waals surface area contributed by atoms with Gasteiger partial charge in [0, 0.05) is 5.56 Å². The monoisotopic (exact) mass is 326 g/mol. The number of carbonyl (C=O) groups excluding carboxylic acids is 1. The molecule has 2 rings (SSSR count). The van der Waals surface area contributed by atoms with Gasteiger partial charge in [-0.25, -0.2) is 17.2 Å². The van der Waals surface area contributed by atoms with Crippen molar-refractivity contribution in [3.8, 4) is 0 Å². The van der Waals surface area contributed by atoms with E-state index < -0.39 is 33.3 Å². The Bertz CT molecular complexity index is 831. The van der Waals surface area contributed by atoms with Crippen molar-refractivity contribution in [2.45, 2.75) is 11.8 Å². The fourth-order valence-corrected chi connectivity index (χ4v) is 2.92. The Balaban J connectivity index is 2.48. The van der Waals surface area contributed by atoms with Gasteiger partial charge in [0.15, 0.2) is 0 Å². The average molecular weight is 326 g/mol. The predicted molar refractivity (Wildman–Crippen MR) is 76.9 cm³/mol. The number of sulfonamides is 1. The van der Waals surface area contributed by atoms with Gasteiger partial charge in [-0.2, -0.15) is 0 Å². The molecule has 0 atom stereocenters. The van der Waals surface area contributed by atoms with Crippen molar-refractivity contribution in [1.29, 1.82) is 0 Å². The maximum atomic E-state index is 13.5. The van der Waals surface area contributed by atoms with Gasteiger partial charge in [0.25, 0.3) is 10.0 Å². The predicted octanol–water partition coefficient (Wildman–Crippen LogP) is 2.17. The smallest absolute Gasteiger partial charge is 0.262 e. The van der Waals surface area contributed by atoms with Crippen LogP contribution in [0.25, 0.3) is 0 Å². The second-order valence-electron chi connectivity index (χ2n) is 4.54. The van der Waals surface area contributed by atoms with Crippen LogP contribution in [-0.4, -0.2) is 14.3 Å². The Morgan fingerprint density at radius 3 is 2.27 bits per heavy atom. The number of anilines is 1. The lowest BCUT2D eigenvalue weighted by Gasteiger charge is -2.11. The lowest BCUT2D eigenvalue weighted by molar-refractivity contribution is 0.0999. The van der Waals surface area contributed by atoms with E-state index >= 15 is 0 Å². The van der Waals surface area contributed by atoms with Crippen molar-refractivity contribution in [3.63, 3.8) is 0 Å². The van der Waals surface area contributed by atoms with Crippen molar-refractivity contribution in [1.82, 2.24) is 0 Å². The molecule has 8 heteroatoms. The van der Waals surface area contributed by atoms with Gasteiger partial charge in [0.2, 0.25) is 5.91 Å². The first-order chi connectivity index (χ1) is 10.2. The van der Waals surface area contributed by atoms with Gasteiger partial charge in [0.05, 0.1) is 4.90 Å². The minimum Gasteiger partial charge on any atom is -0.366 e. The van der Waals surface area contributed by atoms with E-state index in [1.807, 2.05) is 4.72 Å². The molecule has 0 aliphatic rings. The van der Waals surface area contributed by atoms with Crippen LogP contribution in [0, 0.1) is 18.6 Å². The summed E-state index contributed by atoms with van der Waals surface area (Å²) < 4.78 is 53.3. The summed E-state index contributed by atoms with van der Waals surface area (Å²) >= 11 is 0. The summed E-state index contributed by atoms with van der Waals surface area (Å²) in [6.07, 6.45) is 0. The Morgan fingerprint density at radius 2 is 1.73 bits per heavy atom. The van der Waals surface area contributed by atoms with Gasteiger partial charge >= 0.3 is 0 Å². The molecule has 0 heterocycles. The molecule has 0 spiro atoms. The largest absolute Gasteiger partial charge is 0.366 e. The van der Waals surface area contributed by atoms with E-state index in [1.54, 1.807) is 6.92 Å². The van der Waals surface area contributed by atoms with Crippen LogP contribution >= 0.6 is 0 Å². The molecule has 0 aromatic heterocycles. The number of nitrogens with one attached hydrogen (secondary N) is 1. The summed E-state index contributed by atoms with van der Waals surface area (Å²) in [5, 5.41) is 0. The molecule has 0 saturated heterocycles. The molecule has 5 nitrogen and oxygen atoms in total. The number of primary amides is 1. The number of aryl methyl sites for hydroxylation is 1. The van der Waals surface area contributed by atoms with Gasteiger partial charge in [-0.3, -0.25) is 9.52 Å². The van der Waals surface area contributed by atoms with Crippen LogP contribution in [0.5, 0.6) is 0 Å². The lowest BCUT2D eigenvalue weighted by atomic mass is 10.1. The Kier molecular flexibility index (Phi) is 4.14. The second kappa shape index (κ2) is 5.72. The zero-order valence-electron chi connectivity index (χ0n) is 11.4. The molecule has 22 heavy (non-hydrogen) atoms. The lowest BCUT2D eigenvalue weighted by Crippen LogP contribution is -2.18. The molecule has 0 bridgehead atoms. The van der Waals surface area contributed by atoms with Gasteiger partial charge in [-0.1, -0.05) is 12.1 Å². The minimum absolute atomic E-state index is 0.0110. The first-order valence-corrected chi connectivity index (χ1v) is 7.58. The van der Waals surface area contributed by atoms with Crippen molar-refractivity contribution >= 4 is 21.6 Å². The van der Waals surface area contributed by atoms with Crippen LogP contribution < -0.4 is 10.5 Å². The average Bonchev–Trinajstić information content (AvgIpc) is 2.43. The summed E-state index contributed by atoms with van der Waals surface area (Å²) in [5.41, 5.74) is 4.87. The Labute approximate surface area is 125 Å². The summed E-state index contributed by atoms with van der Waals surface area (Å²) in [5.74, 6) is -2.90. The summed E-state index contributed by atoms with van der Waals surface area (Å²) in [7, 11) is -4.27. The van der Waals surface area contributed by atoms with Gasteiger partial charge < -0.3 is 5.73 Å². The normalized spacial score (nSPS) is 11.2. The maximum Gasteiger partial charge on any atom is 0.262 e. The number of benzene rings is 2. The van der Waals surface area contributed by atoms with Crippen molar-refractivity contribution < 1.29 is 22.0 Å². The first-order valence-electron chi connectivity index (χ1n) is 6.09. The van der Waals surface area contributed by atoms with E-state index in [9.17, 15) is 22.0 Å². The second-order valence-corrected chi connectivity index (χ2v) is 6.23. The Hall–Kier alpha value is -2.48. The topological polar surface area (TPSA) is 89.3 Å². The summed E-state index contributed by atoms with van der Waals surface area (Å²) in [4.78, 5) is 10.9. The molecule has 0 fully saturated rings. The van der Waals surface area contributed by atoms with Crippen molar-refractivity contribution in [2.24, 2.45) is 5.73 Å². The highest BCUT2D eigenvalue weighted by atomic mass is 32.2. The number of hydrogen-bond donors (Lipinski definition) is 2. The SMILES string of the molecule is Cc1ccc(S(=O)(=O)Nc2c(F)cccc2F)cc1C(N)=O. The van der Waals surface area contributed by atoms with E-state index in [2.05, 4.69) is 0 Å². The molecule has 3 N–H and O–H groups in total. The number of rotatable bonds is 4. The molecule has 0 aliphatic heterocycles. The first kappa shape index (κ1) is 15.9. The van der Waals surface area contributed by atoms with Crippen LogP contribution in [0.15, 0.2) is 41.3 Å². The third-order valence-corrected chi connectivity index (χ3v) is 4.33. The third-order valence-electron chi connectivity index (χ3n) is 2.98. The Morgan fingerprint density at radius 1 is 1.14 bits per heavy atom. The van der Waals surface area contributed by atoms with E-state index in [1.165, 1.54) is 12.1 Å². The van der Waals surface area contributed by atoms with Crippen molar-refractivity contribution in [2.75, 3.05) is 4.72 Å². The highest BCUT2D eigenvalue weighted by Gasteiger charge is 2.20. The summed E-state index contributed by atoms with van der Waals surface area (Å²) in [6, 6.07) is 6.60. The van der Waals surface area contributed by atoms with Crippen LogP contribution in [-0.2, 0) is 10.0 Å². The molecular weight excluding hydrogens is 314 g/mol. The standard InChI is InChI=1S/C14H12F2N2O3S/c1-8-5-6-9(7-10(8)14(17)19)22(20,21)18-13-11(15)3-2-4-12(13)16/h2-7,18H,1H3,(H2,17,19). The molecule has 1 amide bonds. The highest BCUT2D eigenvalue weighted by Crippen LogP contribution is 2.23. The van der Waals surface area contributed by atoms with Crippen LogP contribution in [0.1, 0.15) is 15.9 Å². The third kappa shape index (κ3) is 3.06. The molecule has 2 aromatic rings. The molecule has 0 aliphatic carbocycles. The number of nitrogens with two attached hydrogens (primary N) is 1. The number of para-hydroxylation sites is 1. The summed E-state index contributed by atoms with van der Waals surface area (Å²) in [6.45, 7) is 1.58. The van der Waals surface area contributed by atoms with Crippen LogP contribution in [0.4, 0.5) is 14.5 Å². The van der Waals surface area contributed by atoms with Gasteiger partial charge in [0.1, 0.15) is 17.3 Å². The molecule has 0 saturated carbocycles. The zero-order chi connectivity index (χ0) is 16.5. The molecule has 2 aromatic carbocycles. The zero-order valence-corrected chi connectivity index (χ0v) is 12.2. The quantitative estimate of drug-likeness (QED) is 0.902. The molecule has 0 radical (unpaired) electrons. The van der Waals surface area contributed by atoms with E-state index in [-0.39, 0.29) is 10.5 Å². The number of amides is 1. The minimum atomic E-state index is -4.27. The maximum absolute atomic E-state index is 13.5. The number of hydrogen-bond acceptors (Lipinski definition) is 3. The molecule has 116 valence electrons. The molecular formula is C14H12F2N2O3S.